The van der Waals surface area contributed by atoms with E-state index in [2.05, 4.69) is 9.97 Å². The maximum Gasteiger partial charge on any atom is 0.271 e. The van der Waals surface area contributed by atoms with Gasteiger partial charge in [-0.25, -0.2) is 4.98 Å². The van der Waals surface area contributed by atoms with E-state index in [0.717, 1.165) is 5.69 Å². The van der Waals surface area contributed by atoms with Crippen molar-refractivity contribution in [3.05, 3.63) is 40.2 Å². The second kappa shape index (κ2) is 3.84. The number of hydrogen-bond acceptors (Lipinski definition) is 4. The van der Waals surface area contributed by atoms with Gasteiger partial charge in [-0.2, -0.15) is 0 Å². The molecule has 0 saturated carbocycles. The van der Waals surface area contributed by atoms with E-state index in [1.807, 2.05) is 13.8 Å². The predicted octanol–water partition coefficient (Wildman–Crippen LogP) is 2.66. The summed E-state index contributed by atoms with van der Waals surface area (Å²) >= 11 is 0. The molecule has 0 aliphatic rings. The van der Waals surface area contributed by atoms with E-state index in [9.17, 15) is 10.1 Å². The molecule has 2 rings (SSSR count). The Kier molecular flexibility index (Phi) is 2.52. The standard InChI is InChI=1S/C11H11N3O2/c1-7(2)11-6-12-9-4-3-8(14(15)16)5-10(9)13-11/h3-7H,1-2H3. The summed E-state index contributed by atoms with van der Waals surface area (Å²) < 4.78 is 0. The topological polar surface area (TPSA) is 68.9 Å². The third-order valence-electron chi connectivity index (χ3n) is 2.35. The van der Waals surface area contributed by atoms with Gasteiger partial charge in [-0.3, -0.25) is 15.1 Å². The van der Waals surface area contributed by atoms with Gasteiger partial charge in [0, 0.05) is 18.3 Å². The van der Waals surface area contributed by atoms with Gasteiger partial charge in [0.2, 0.25) is 0 Å². The summed E-state index contributed by atoms with van der Waals surface area (Å²) in [5.41, 5.74) is 2.13. The second-order valence-electron chi connectivity index (χ2n) is 3.88. The van der Waals surface area contributed by atoms with Gasteiger partial charge in [0.15, 0.2) is 0 Å². The zero-order valence-corrected chi connectivity index (χ0v) is 9.04. The van der Waals surface area contributed by atoms with Crippen molar-refractivity contribution in [2.24, 2.45) is 0 Å². The van der Waals surface area contributed by atoms with Crippen LogP contribution in [-0.4, -0.2) is 14.9 Å². The van der Waals surface area contributed by atoms with Gasteiger partial charge in [0.1, 0.15) is 0 Å². The summed E-state index contributed by atoms with van der Waals surface area (Å²) in [5, 5.41) is 10.6. The molecule has 0 N–H and O–H groups in total. The van der Waals surface area contributed by atoms with Crippen molar-refractivity contribution in [2.45, 2.75) is 19.8 Å². The fourth-order valence-electron chi connectivity index (χ4n) is 1.41. The number of aromatic nitrogens is 2. The van der Waals surface area contributed by atoms with Crippen LogP contribution in [0.4, 0.5) is 5.69 Å². The molecule has 0 spiro atoms. The summed E-state index contributed by atoms with van der Waals surface area (Å²) in [6.45, 7) is 4.01. The summed E-state index contributed by atoms with van der Waals surface area (Å²) in [6.07, 6.45) is 1.71. The minimum atomic E-state index is -0.427. The number of fused-ring (bicyclic) bond motifs is 1. The Morgan fingerprint density at radius 2 is 2.06 bits per heavy atom. The van der Waals surface area contributed by atoms with E-state index in [1.54, 1.807) is 12.3 Å². The van der Waals surface area contributed by atoms with Gasteiger partial charge in [-0.05, 0) is 12.0 Å². The second-order valence-corrected chi connectivity index (χ2v) is 3.88. The molecular weight excluding hydrogens is 206 g/mol. The third kappa shape index (κ3) is 1.84. The van der Waals surface area contributed by atoms with E-state index in [-0.39, 0.29) is 11.6 Å². The SMILES string of the molecule is CC(C)c1cnc2ccc([N+](=O)[O-])cc2n1. The molecule has 0 amide bonds. The first-order valence-electron chi connectivity index (χ1n) is 4.99. The number of non-ortho nitro benzene ring substituents is 1. The lowest BCUT2D eigenvalue weighted by molar-refractivity contribution is -0.384. The van der Waals surface area contributed by atoms with E-state index in [0.29, 0.717) is 11.0 Å². The lowest BCUT2D eigenvalue weighted by Gasteiger charge is -2.04. The van der Waals surface area contributed by atoms with E-state index in [1.165, 1.54) is 12.1 Å². The Balaban J connectivity index is 2.61. The van der Waals surface area contributed by atoms with Crippen LogP contribution in [0, 0.1) is 10.1 Å². The third-order valence-corrected chi connectivity index (χ3v) is 2.35. The van der Waals surface area contributed by atoms with Gasteiger partial charge in [0.25, 0.3) is 5.69 Å². The lowest BCUT2D eigenvalue weighted by Crippen LogP contribution is -1.96. The summed E-state index contributed by atoms with van der Waals surface area (Å²) in [4.78, 5) is 18.8. The van der Waals surface area contributed by atoms with Crippen LogP contribution < -0.4 is 0 Å². The highest BCUT2D eigenvalue weighted by Crippen LogP contribution is 2.19. The molecule has 1 aromatic heterocycles. The van der Waals surface area contributed by atoms with Crippen LogP contribution in [0.15, 0.2) is 24.4 Å². The van der Waals surface area contributed by atoms with Crippen molar-refractivity contribution in [2.75, 3.05) is 0 Å². The van der Waals surface area contributed by atoms with Gasteiger partial charge in [-0.15, -0.1) is 0 Å². The zero-order valence-electron chi connectivity index (χ0n) is 9.04. The molecule has 0 aliphatic heterocycles. The van der Waals surface area contributed by atoms with Crippen molar-refractivity contribution in [3.8, 4) is 0 Å². The van der Waals surface area contributed by atoms with E-state index >= 15 is 0 Å². The van der Waals surface area contributed by atoms with Crippen molar-refractivity contribution >= 4 is 16.7 Å². The maximum atomic E-state index is 10.6. The smallest absolute Gasteiger partial charge is 0.258 e. The number of nitro benzene ring substituents is 1. The summed E-state index contributed by atoms with van der Waals surface area (Å²) in [5.74, 6) is 0.260. The Morgan fingerprint density at radius 1 is 1.31 bits per heavy atom. The van der Waals surface area contributed by atoms with Crippen LogP contribution in [0.3, 0.4) is 0 Å². The summed E-state index contributed by atoms with van der Waals surface area (Å²) in [6, 6.07) is 4.50. The number of nitrogens with zero attached hydrogens (tertiary/aromatic N) is 3. The minimum Gasteiger partial charge on any atom is -0.258 e. The fraction of sp³-hybridized carbons (Fsp3) is 0.273. The molecule has 0 atom stereocenters. The van der Waals surface area contributed by atoms with Crippen molar-refractivity contribution in [1.29, 1.82) is 0 Å². The highest BCUT2D eigenvalue weighted by Gasteiger charge is 2.09. The van der Waals surface area contributed by atoms with Crippen molar-refractivity contribution in [1.82, 2.24) is 9.97 Å². The van der Waals surface area contributed by atoms with E-state index in [4.69, 9.17) is 0 Å². The van der Waals surface area contributed by atoms with Crippen molar-refractivity contribution in [3.63, 3.8) is 0 Å². The molecular formula is C11H11N3O2. The molecule has 5 nitrogen and oxygen atoms in total. The predicted molar refractivity (Wildman–Crippen MR) is 60.3 cm³/mol. The minimum absolute atomic E-state index is 0.0442. The molecule has 0 fully saturated rings. The molecule has 1 aromatic carbocycles. The normalized spacial score (nSPS) is 10.9. The first-order chi connectivity index (χ1) is 7.58. The lowest BCUT2D eigenvalue weighted by atomic mass is 10.1. The average molecular weight is 217 g/mol. The Hall–Kier alpha value is -2.04. The Bertz CT molecular complexity index is 552. The van der Waals surface area contributed by atoms with Gasteiger partial charge >= 0.3 is 0 Å². The van der Waals surface area contributed by atoms with Gasteiger partial charge in [0.05, 0.1) is 21.7 Å². The Morgan fingerprint density at radius 3 is 2.69 bits per heavy atom. The zero-order chi connectivity index (χ0) is 11.7. The average Bonchev–Trinajstić information content (AvgIpc) is 2.27. The summed E-state index contributed by atoms with van der Waals surface area (Å²) in [7, 11) is 0. The van der Waals surface area contributed by atoms with Crippen molar-refractivity contribution < 1.29 is 4.92 Å². The number of benzene rings is 1. The van der Waals surface area contributed by atoms with Crippen LogP contribution >= 0.6 is 0 Å². The van der Waals surface area contributed by atoms with Gasteiger partial charge in [-0.1, -0.05) is 13.8 Å². The van der Waals surface area contributed by atoms with Crippen LogP contribution in [0.2, 0.25) is 0 Å². The van der Waals surface area contributed by atoms with Crippen LogP contribution in [0.25, 0.3) is 11.0 Å². The first-order valence-corrected chi connectivity index (χ1v) is 4.99. The highest BCUT2D eigenvalue weighted by molar-refractivity contribution is 5.76. The quantitative estimate of drug-likeness (QED) is 0.572. The fourth-order valence-corrected chi connectivity index (χ4v) is 1.41. The first kappa shape index (κ1) is 10.5. The van der Waals surface area contributed by atoms with Crippen LogP contribution in [0.5, 0.6) is 0 Å². The van der Waals surface area contributed by atoms with Gasteiger partial charge < -0.3 is 0 Å². The molecule has 1 heterocycles. The van der Waals surface area contributed by atoms with E-state index < -0.39 is 4.92 Å². The number of hydrogen-bond donors (Lipinski definition) is 0. The molecule has 0 saturated heterocycles. The molecule has 82 valence electrons. The monoisotopic (exact) mass is 217 g/mol. The highest BCUT2D eigenvalue weighted by atomic mass is 16.6. The van der Waals surface area contributed by atoms with Crippen LogP contribution in [-0.2, 0) is 0 Å². The number of nitro groups is 1. The molecule has 0 unspecified atom stereocenters. The number of rotatable bonds is 2. The van der Waals surface area contributed by atoms with Crippen LogP contribution in [0.1, 0.15) is 25.5 Å². The molecule has 2 aromatic rings. The molecule has 5 heteroatoms. The molecule has 16 heavy (non-hydrogen) atoms. The largest absolute Gasteiger partial charge is 0.271 e. The Labute approximate surface area is 92.3 Å². The molecule has 0 aliphatic carbocycles. The molecule has 0 radical (unpaired) electrons. The maximum absolute atomic E-state index is 10.6. The molecule has 0 bridgehead atoms.